The summed E-state index contributed by atoms with van der Waals surface area (Å²) < 4.78 is 24.7. The van der Waals surface area contributed by atoms with Gasteiger partial charge in [0.2, 0.25) is 10.0 Å². The zero-order valence-electron chi connectivity index (χ0n) is 6.99. The second kappa shape index (κ2) is 2.97. The van der Waals surface area contributed by atoms with Crippen molar-refractivity contribution in [3.8, 4) is 0 Å². The Morgan fingerprint density at radius 3 is 2.42 bits per heavy atom. The van der Waals surface area contributed by atoms with E-state index in [1.54, 1.807) is 0 Å². The molecule has 2 heterocycles. The minimum atomic E-state index is -2.92. The number of likely N-dealkylation sites (tertiary alicyclic amines) is 1. The van der Waals surface area contributed by atoms with Gasteiger partial charge in [0.1, 0.15) is 0 Å². The van der Waals surface area contributed by atoms with Crippen LogP contribution in [0.2, 0.25) is 0 Å². The second-order valence-corrected chi connectivity index (χ2v) is 5.38. The van der Waals surface area contributed by atoms with Crippen molar-refractivity contribution in [1.29, 1.82) is 0 Å². The van der Waals surface area contributed by atoms with Crippen molar-refractivity contribution in [3.63, 3.8) is 0 Å². The highest BCUT2D eigenvalue weighted by atomic mass is 32.2. The van der Waals surface area contributed by atoms with Crippen molar-refractivity contribution in [2.24, 2.45) is 0 Å². The number of nitrogens with zero attached hydrogens (tertiary/aromatic N) is 1. The molecule has 0 radical (unpaired) electrons. The number of hydrogen-bond acceptors (Lipinski definition) is 3. The highest BCUT2D eigenvalue weighted by Crippen LogP contribution is 2.15. The molecule has 2 aliphatic heterocycles. The van der Waals surface area contributed by atoms with E-state index in [1.807, 2.05) is 0 Å². The molecule has 0 bridgehead atoms. The lowest BCUT2D eigenvalue weighted by Gasteiger charge is -2.20. The van der Waals surface area contributed by atoms with Gasteiger partial charge in [-0.05, 0) is 25.9 Å². The van der Waals surface area contributed by atoms with Crippen LogP contribution < -0.4 is 4.72 Å². The van der Waals surface area contributed by atoms with E-state index >= 15 is 0 Å². The Bertz CT molecular complexity index is 257. The van der Waals surface area contributed by atoms with Gasteiger partial charge in [0, 0.05) is 12.6 Å². The maximum Gasteiger partial charge on any atom is 0.213 e. The largest absolute Gasteiger partial charge is 0.298 e. The molecule has 0 aromatic carbocycles. The average molecular weight is 190 g/mol. The van der Waals surface area contributed by atoms with E-state index in [0.717, 1.165) is 13.1 Å². The maximum absolute atomic E-state index is 11.1. The monoisotopic (exact) mass is 190 g/mol. The molecule has 12 heavy (non-hydrogen) atoms. The third-order valence-electron chi connectivity index (χ3n) is 2.61. The summed E-state index contributed by atoms with van der Waals surface area (Å²) in [5, 5.41) is 0. The minimum Gasteiger partial charge on any atom is -0.298 e. The van der Waals surface area contributed by atoms with Crippen LogP contribution in [0.5, 0.6) is 0 Å². The molecule has 2 aliphatic rings. The van der Waals surface area contributed by atoms with E-state index in [9.17, 15) is 8.42 Å². The lowest BCUT2D eigenvalue weighted by atomic mass is 10.3. The van der Waals surface area contributed by atoms with Crippen LogP contribution in [-0.2, 0) is 10.0 Å². The molecule has 1 atom stereocenters. The van der Waals surface area contributed by atoms with E-state index in [0.29, 0.717) is 12.3 Å². The Labute approximate surface area is 73.0 Å². The van der Waals surface area contributed by atoms with E-state index in [2.05, 4.69) is 9.62 Å². The van der Waals surface area contributed by atoms with Crippen molar-refractivity contribution in [2.45, 2.75) is 18.9 Å². The fourth-order valence-electron chi connectivity index (χ4n) is 1.94. The molecular weight excluding hydrogens is 176 g/mol. The Balaban J connectivity index is 1.99. The standard InChI is InChI=1S/C7H14N2O2S/c10-12(11)6-7(5-8-12)9-3-1-2-4-9/h7-8H,1-6H2. The topological polar surface area (TPSA) is 49.4 Å². The molecule has 4 nitrogen and oxygen atoms in total. The summed E-state index contributed by atoms with van der Waals surface area (Å²) in [6, 6.07) is 0.234. The molecular formula is C7H14N2O2S. The highest BCUT2D eigenvalue weighted by molar-refractivity contribution is 7.89. The van der Waals surface area contributed by atoms with Crippen molar-refractivity contribution in [2.75, 3.05) is 25.4 Å². The van der Waals surface area contributed by atoms with Crippen LogP contribution in [0.4, 0.5) is 0 Å². The second-order valence-electron chi connectivity index (χ2n) is 3.53. The van der Waals surface area contributed by atoms with E-state index < -0.39 is 10.0 Å². The van der Waals surface area contributed by atoms with E-state index in [4.69, 9.17) is 0 Å². The van der Waals surface area contributed by atoms with Gasteiger partial charge in [-0.15, -0.1) is 0 Å². The molecule has 5 heteroatoms. The van der Waals surface area contributed by atoms with Crippen molar-refractivity contribution in [3.05, 3.63) is 0 Å². The summed E-state index contributed by atoms with van der Waals surface area (Å²) in [6.45, 7) is 2.76. The van der Waals surface area contributed by atoms with E-state index in [1.165, 1.54) is 12.8 Å². The molecule has 1 N–H and O–H groups in total. The summed E-state index contributed by atoms with van der Waals surface area (Å²) in [4.78, 5) is 2.28. The van der Waals surface area contributed by atoms with Gasteiger partial charge in [-0.1, -0.05) is 0 Å². The lowest BCUT2D eigenvalue weighted by Crippen LogP contribution is -2.36. The van der Waals surface area contributed by atoms with Crippen molar-refractivity contribution < 1.29 is 8.42 Å². The minimum absolute atomic E-state index is 0.234. The van der Waals surface area contributed by atoms with Crippen LogP contribution in [0, 0.1) is 0 Å². The molecule has 1 unspecified atom stereocenters. The maximum atomic E-state index is 11.1. The van der Waals surface area contributed by atoms with Gasteiger partial charge in [0.15, 0.2) is 0 Å². The summed E-state index contributed by atoms with van der Waals surface area (Å²) in [7, 11) is -2.92. The zero-order chi connectivity index (χ0) is 8.60. The predicted molar refractivity (Wildman–Crippen MR) is 46.4 cm³/mol. The summed E-state index contributed by atoms with van der Waals surface area (Å²) in [5.41, 5.74) is 0. The first-order valence-corrected chi connectivity index (χ1v) is 6.04. The highest BCUT2D eigenvalue weighted by Gasteiger charge is 2.32. The Morgan fingerprint density at radius 2 is 1.92 bits per heavy atom. The van der Waals surface area contributed by atoms with Gasteiger partial charge in [0.25, 0.3) is 0 Å². The van der Waals surface area contributed by atoms with Crippen molar-refractivity contribution >= 4 is 10.0 Å². The zero-order valence-corrected chi connectivity index (χ0v) is 7.81. The number of nitrogens with one attached hydrogen (secondary N) is 1. The smallest absolute Gasteiger partial charge is 0.213 e. The SMILES string of the molecule is O=S1(=O)CC(N2CCCC2)CN1. The van der Waals surface area contributed by atoms with Gasteiger partial charge < -0.3 is 0 Å². The molecule has 0 aliphatic carbocycles. The Hall–Kier alpha value is -0.130. The molecule has 0 aromatic heterocycles. The lowest BCUT2D eigenvalue weighted by molar-refractivity contribution is 0.271. The summed E-state index contributed by atoms with van der Waals surface area (Å²) in [6.07, 6.45) is 2.44. The first-order chi connectivity index (χ1) is 5.67. The normalized spacial score (nSPS) is 35.8. The first-order valence-electron chi connectivity index (χ1n) is 4.39. The summed E-state index contributed by atoms with van der Waals surface area (Å²) in [5.74, 6) is 0.299. The molecule has 0 spiro atoms. The predicted octanol–water partition coefficient (Wildman–Crippen LogP) is -0.616. The van der Waals surface area contributed by atoms with Gasteiger partial charge in [-0.3, -0.25) is 4.90 Å². The van der Waals surface area contributed by atoms with Gasteiger partial charge in [0.05, 0.1) is 5.75 Å². The number of hydrogen-bond donors (Lipinski definition) is 1. The molecule has 2 rings (SSSR count). The van der Waals surface area contributed by atoms with Crippen LogP contribution in [0.25, 0.3) is 0 Å². The van der Waals surface area contributed by atoms with Crippen LogP contribution in [0.1, 0.15) is 12.8 Å². The van der Waals surface area contributed by atoms with Crippen molar-refractivity contribution in [1.82, 2.24) is 9.62 Å². The first kappa shape index (κ1) is 8.47. The quantitative estimate of drug-likeness (QED) is 0.600. The van der Waals surface area contributed by atoms with E-state index in [-0.39, 0.29) is 6.04 Å². The van der Waals surface area contributed by atoms with Gasteiger partial charge in [-0.25, -0.2) is 13.1 Å². The molecule has 70 valence electrons. The summed E-state index contributed by atoms with van der Waals surface area (Å²) >= 11 is 0. The van der Waals surface area contributed by atoms with Crippen LogP contribution >= 0.6 is 0 Å². The molecule has 0 aromatic rings. The number of sulfonamides is 1. The molecule has 2 fully saturated rings. The van der Waals surface area contributed by atoms with Crippen LogP contribution in [0.3, 0.4) is 0 Å². The van der Waals surface area contributed by atoms with Gasteiger partial charge >= 0.3 is 0 Å². The third-order valence-corrected chi connectivity index (χ3v) is 4.04. The molecule has 0 amide bonds. The fraction of sp³-hybridized carbons (Fsp3) is 1.00. The molecule has 2 saturated heterocycles. The van der Waals surface area contributed by atoms with Crippen LogP contribution in [-0.4, -0.2) is 44.7 Å². The Morgan fingerprint density at radius 1 is 1.25 bits per heavy atom. The number of rotatable bonds is 1. The molecule has 0 saturated carbocycles. The Kier molecular flexibility index (Phi) is 2.10. The third kappa shape index (κ3) is 1.62. The van der Waals surface area contributed by atoms with Gasteiger partial charge in [-0.2, -0.15) is 0 Å². The average Bonchev–Trinajstić information content (AvgIpc) is 2.55. The van der Waals surface area contributed by atoms with Crippen LogP contribution in [0.15, 0.2) is 0 Å². The fourth-order valence-corrected chi connectivity index (χ4v) is 3.33.